The van der Waals surface area contributed by atoms with Crippen molar-refractivity contribution in [1.82, 2.24) is 4.90 Å². The predicted molar refractivity (Wildman–Crippen MR) is 77.2 cm³/mol. The number of aryl methyl sites for hydroxylation is 1. The van der Waals surface area contributed by atoms with Crippen LogP contribution in [0, 0.1) is 23.0 Å². The Labute approximate surface area is 122 Å². The summed E-state index contributed by atoms with van der Waals surface area (Å²) in [5, 5.41) is 10.8. The first kappa shape index (κ1) is 14.8. The van der Waals surface area contributed by atoms with Crippen LogP contribution in [-0.4, -0.2) is 34.7 Å². The Kier molecular flexibility index (Phi) is 4.60. The van der Waals surface area contributed by atoms with Gasteiger partial charge in [0.2, 0.25) is 0 Å². The molecule has 0 atom stereocenters. The number of likely N-dealkylation sites (tertiary alicyclic amines) is 1. The number of nitro groups is 1. The second-order valence-corrected chi connectivity index (χ2v) is 5.46. The molecule has 2 rings (SSSR count). The summed E-state index contributed by atoms with van der Waals surface area (Å²) in [5.41, 5.74) is 1.07. The maximum atomic E-state index is 12.4. The number of alkyl halides is 1. The minimum atomic E-state index is -0.435. The molecule has 0 unspecified atom stereocenters. The van der Waals surface area contributed by atoms with Gasteiger partial charge in [-0.15, -0.1) is 11.6 Å². The molecule has 20 heavy (non-hydrogen) atoms. The maximum Gasteiger partial charge on any atom is 0.272 e. The topological polar surface area (TPSA) is 63.5 Å². The molecule has 0 radical (unpaired) electrons. The summed E-state index contributed by atoms with van der Waals surface area (Å²) in [5.74, 6) is 1.06. The van der Waals surface area contributed by atoms with Crippen LogP contribution in [0.2, 0.25) is 0 Å². The number of carbonyl (C=O) groups excluding carboxylic acids is 1. The third-order valence-corrected chi connectivity index (χ3v) is 4.20. The monoisotopic (exact) mass is 296 g/mol. The van der Waals surface area contributed by atoms with Crippen LogP contribution in [0.1, 0.15) is 28.8 Å². The van der Waals surface area contributed by atoms with Gasteiger partial charge in [-0.3, -0.25) is 14.9 Å². The summed E-state index contributed by atoms with van der Waals surface area (Å²) < 4.78 is 0. The Hall–Kier alpha value is -1.62. The Balaban J connectivity index is 2.10. The van der Waals surface area contributed by atoms with Gasteiger partial charge < -0.3 is 4.90 Å². The van der Waals surface area contributed by atoms with Crippen LogP contribution in [-0.2, 0) is 0 Å². The molecule has 0 spiro atoms. The molecular formula is C14H17ClN2O3. The zero-order valence-corrected chi connectivity index (χ0v) is 12.1. The summed E-state index contributed by atoms with van der Waals surface area (Å²) in [7, 11) is 0. The first-order valence-corrected chi connectivity index (χ1v) is 7.16. The third kappa shape index (κ3) is 3.10. The molecule has 1 aliphatic rings. The number of hydrogen-bond donors (Lipinski definition) is 0. The van der Waals surface area contributed by atoms with Gasteiger partial charge in [0.25, 0.3) is 11.6 Å². The van der Waals surface area contributed by atoms with Crippen molar-refractivity contribution in [3.05, 3.63) is 39.4 Å². The molecule has 1 heterocycles. The average Bonchev–Trinajstić information content (AvgIpc) is 2.46. The summed E-state index contributed by atoms with van der Waals surface area (Å²) in [6, 6.07) is 4.52. The number of nitrogens with zero attached hydrogens (tertiary/aromatic N) is 2. The summed E-state index contributed by atoms with van der Waals surface area (Å²) in [6.07, 6.45) is 1.84. The van der Waals surface area contributed by atoms with E-state index in [2.05, 4.69) is 0 Å². The predicted octanol–water partition coefficient (Wildman–Crippen LogP) is 2.99. The quantitative estimate of drug-likeness (QED) is 0.489. The Morgan fingerprint density at radius 2 is 2.10 bits per heavy atom. The van der Waals surface area contributed by atoms with Gasteiger partial charge in [0.15, 0.2) is 0 Å². The number of nitro benzene ring substituents is 1. The molecule has 0 aliphatic carbocycles. The van der Waals surface area contributed by atoms with Crippen molar-refractivity contribution in [3.63, 3.8) is 0 Å². The van der Waals surface area contributed by atoms with E-state index in [4.69, 9.17) is 11.6 Å². The van der Waals surface area contributed by atoms with Crippen molar-refractivity contribution in [3.8, 4) is 0 Å². The molecule has 0 saturated carbocycles. The molecule has 1 saturated heterocycles. The van der Waals surface area contributed by atoms with Crippen molar-refractivity contribution in [2.24, 2.45) is 5.92 Å². The molecule has 1 aliphatic heterocycles. The maximum absolute atomic E-state index is 12.4. The number of hydrogen-bond acceptors (Lipinski definition) is 3. The van der Waals surface area contributed by atoms with Crippen LogP contribution < -0.4 is 0 Å². The molecule has 5 nitrogen and oxygen atoms in total. The number of piperidine rings is 1. The average molecular weight is 297 g/mol. The zero-order chi connectivity index (χ0) is 14.7. The van der Waals surface area contributed by atoms with Crippen LogP contribution in [0.15, 0.2) is 18.2 Å². The lowest BCUT2D eigenvalue weighted by Gasteiger charge is -2.31. The fourth-order valence-electron chi connectivity index (χ4n) is 2.47. The first-order chi connectivity index (χ1) is 9.52. The van der Waals surface area contributed by atoms with E-state index in [-0.39, 0.29) is 11.6 Å². The van der Waals surface area contributed by atoms with E-state index in [1.165, 1.54) is 12.1 Å². The van der Waals surface area contributed by atoms with Gasteiger partial charge in [-0.1, -0.05) is 0 Å². The molecule has 1 aromatic carbocycles. The van der Waals surface area contributed by atoms with Gasteiger partial charge in [-0.05, 0) is 37.8 Å². The summed E-state index contributed by atoms with van der Waals surface area (Å²) in [6.45, 7) is 3.05. The van der Waals surface area contributed by atoms with Crippen LogP contribution in [0.4, 0.5) is 5.69 Å². The second-order valence-electron chi connectivity index (χ2n) is 5.15. The van der Waals surface area contributed by atoms with Crippen molar-refractivity contribution in [1.29, 1.82) is 0 Å². The van der Waals surface area contributed by atoms with Crippen LogP contribution in [0.5, 0.6) is 0 Å². The Morgan fingerprint density at radius 3 is 2.60 bits per heavy atom. The highest BCUT2D eigenvalue weighted by Gasteiger charge is 2.24. The SMILES string of the molecule is Cc1cc(C(=O)N2CCC(CCl)CC2)ccc1[N+](=O)[O-]. The number of amides is 1. The van der Waals surface area contributed by atoms with Crippen LogP contribution >= 0.6 is 11.6 Å². The lowest BCUT2D eigenvalue weighted by Crippen LogP contribution is -2.38. The fraction of sp³-hybridized carbons (Fsp3) is 0.500. The minimum absolute atomic E-state index is 0.0439. The van der Waals surface area contributed by atoms with Crippen molar-refractivity contribution in [2.75, 3.05) is 19.0 Å². The number of carbonyl (C=O) groups is 1. The largest absolute Gasteiger partial charge is 0.339 e. The van der Waals surface area contributed by atoms with E-state index in [1.54, 1.807) is 17.9 Å². The second kappa shape index (κ2) is 6.22. The van der Waals surface area contributed by atoms with E-state index in [0.29, 0.717) is 36.0 Å². The van der Waals surface area contributed by atoms with Crippen LogP contribution in [0.25, 0.3) is 0 Å². The third-order valence-electron chi connectivity index (χ3n) is 3.76. The number of halogens is 1. The standard InChI is InChI=1S/C14H17ClN2O3/c1-10-8-12(2-3-13(10)17(19)20)14(18)16-6-4-11(9-15)5-7-16/h2-3,8,11H,4-7,9H2,1H3. The molecule has 6 heteroatoms. The van der Waals surface area contributed by atoms with E-state index in [0.717, 1.165) is 12.8 Å². The minimum Gasteiger partial charge on any atom is -0.339 e. The molecule has 0 aromatic heterocycles. The lowest BCUT2D eigenvalue weighted by atomic mass is 9.98. The van der Waals surface area contributed by atoms with Crippen molar-refractivity contribution < 1.29 is 9.72 Å². The van der Waals surface area contributed by atoms with Crippen LogP contribution in [0.3, 0.4) is 0 Å². The summed E-state index contributed by atoms with van der Waals surface area (Å²) in [4.78, 5) is 24.5. The van der Waals surface area contributed by atoms with Gasteiger partial charge in [-0.25, -0.2) is 0 Å². The smallest absolute Gasteiger partial charge is 0.272 e. The molecule has 1 aromatic rings. The van der Waals surface area contributed by atoms with Gasteiger partial charge in [0, 0.05) is 36.2 Å². The van der Waals surface area contributed by atoms with E-state index < -0.39 is 4.92 Å². The molecule has 0 bridgehead atoms. The van der Waals surface area contributed by atoms with Crippen molar-refractivity contribution in [2.45, 2.75) is 19.8 Å². The highest BCUT2D eigenvalue weighted by Crippen LogP contribution is 2.23. The fourth-order valence-corrected chi connectivity index (χ4v) is 2.77. The molecule has 0 N–H and O–H groups in total. The summed E-state index contributed by atoms with van der Waals surface area (Å²) >= 11 is 5.83. The van der Waals surface area contributed by atoms with E-state index >= 15 is 0 Å². The normalized spacial score (nSPS) is 16.2. The number of rotatable bonds is 3. The van der Waals surface area contributed by atoms with E-state index in [1.807, 2.05) is 0 Å². The Bertz CT molecular complexity index is 525. The number of benzene rings is 1. The Morgan fingerprint density at radius 1 is 1.45 bits per heavy atom. The molecule has 108 valence electrons. The molecular weight excluding hydrogens is 280 g/mol. The van der Waals surface area contributed by atoms with Gasteiger partial charge in [0.05, 0.1) is 4.92 Å². The van der Waals surface area contributed by atoms with Gasteiger partial charge in [-0.2, -0.15) is 0 Å². The highest BCUT2D eigenvalue weighted by molar-refractivity contribution is 6.18. The van der Waals surface area contributed by atoms with Crippen molar-refractivity contribution >= 4 is 23.2 Å². The first-order valence-electron chi connectivity index (χ1n) is 6.63. The molecule has 1 amide bonds. The van der Waals surface area contributed by atoms with Gasteiger partial charge >= 0.3 is 0 Å². The van der Waals surface area contributed by atoms with Gasteiger partial charge in [0.1, 0.15) is 0 Å². The lowest BCUT2D eigenvalue weighted by molar-refractivity contribution is -0.385. The molecule has 1 fully saturated rings. The highest BCUT2D eigenvalue weighted by atomic mass is 35.5. The zero-order valence-electron chi connectivity index (χ0n) is 11.3. The van der Waals surface area contributed by atoms with E-state index in [9.17, 15) is 14.9 Å².